The monoisotopic (exact) mass is 398 g/mol. The first-order valence-electron chi connectivity index (χ1n) is 8.37. The molecular weight excluding hydrogens is 384 g/mol. The summed E-state index contributed by atoms with van der Waals surface area (Å²) in [5, 5.41) is 1.92. The molecule has 2 aromatic carbocycles. The molecule has 0 N–H and O–H groups in total. The minimum absolute atomic E-state index is 0.229. The highest BCUT2D eigenvalue weighted by molar-refractivity contribution is 6.35. The van der Waals surface area contributed by atoms with Crippen molar-refractivity contribution in [2.45, 2.75) is 6.54 Å². The highest BCUT2D eigenvalue weighted by Gasteiger charge is 2.18. The van der Waals surface area contributed by atoms with Crippen molar-refractivity contribution in [3.05, 3.63) is 68.6 Å². The molecule has 0 aliphatic heterocycles. The summed E-state index contributed by atoms with van der Waals surface area (Å²) >= 11 is 6.18. The number of halogens is 1. The normalized spacial score (nSPS) is 11.2. The van der Waals surface area contributed by atoms with Crippen LogP contribution in [0.5, 0.6) is 5.75 Å². The van der Waals surface area contributed by atoms with E-state index in [4.69, 9.17) is 16.3 Å². The quantitative estimate of drug-likeness (QED) is 0.388. The van der Waals surface area contributed by atoms with Gasteiger partial charge in [-0.25, -0.2) is 19.1 Å². The van der Waals surface area contributed by atoms with Gasteiger partial charge >= 0.3 is 11.7 Å². The van der Waals surface area contributed by atoms with Crippen LogP contribution in [0.3, 0.4) is 0 Å². The van der Waals surface area contributed by atoms with Gasteiger partial charge in [-0.3, -0.25) is 9.36 Å². The summed E-state index contributed by atoms with van der Waals surface area (Å²) in [4.78, 5) is 41.8. The van der Waals surface area contributed by atoms with Gasteiger partial charge in [0.1, 0.15) is 12.3 Å². The van der Waals surface area contributed by atoms with E-state index in [0.29, 0.717) is 16.2 Å². The molecule has 0 atom stereocenters. The van der Waals surface area contributed by atoms with Gasteiger partial charge < -0.3 is 9.30 Å². The van der Waals surface area contributed by atoms with Crippen molar-refractivity contribution in [3.8, 4) is 5.75 Å². The standard InChI is InChI=1S/C19H15ClN4O4/c1-22-10-21-17-16(22)18(26)24(19(27)23(17)2)9-15(25)28-14-8-7-13(20)11-5-3-4-6-12(11)14/h3-8,10H,9H2,1-2H3. The van der Waals surface area contributed by atoms with Crippen LogP contribution in [0, 0.1) is 0 Å². The molecule has 4 aromatic rings. The van der Waals surface area contributed by atoms with E-state index in [1.807, 2.05) is 12.1 Å². The zero-order valence-corrected chi connectivity index (χ0v) is 15.8. The lowest BCUT2D eigenvalue weighted by Gasteiger charge is -2.11. The number of aromatic nitrogens is 4. The number of rotatable bonds is 3. The van der Waals surface area contributed by atoms with Gasteiger partial charge in [0, 0.05) is 29.9 Å². The van der Waals surface area contributed by atoms with Gasteiger partial charge in [0.05, 0.1) is 6.33 Å². The largest absolute Gasteiger partial charge is 0.425 e. The molecular formula is C19H15ClN4O4. The Morgan fingerprint density at radius 2 is 1.82 bits per heavy atom. The fourth-order valence-electron chi connectivity index (χ4n) is 3.14. The lowest BCUT2D eigenvalue weighted by molar-refractivity contribution is -0.135. The minimum atomic E-state index is -0.742. The van der Waals surface area contributed by atoms with Crippen molar-refractivity contribution in [1.29, 1.82) is 0 Å². The Kier molecular flexibility index (Phi) is 4.27. The Morgan fingerprint density at radius 1 is 1.11 bits per heavy atom. The summed E-state index contributed by atoms with van der Waals surface area (Å²) in [7, 11) is 3.13. The van der Waals surface area contributed by atoms with E-state index in [2.05, 4.69) is 4.98 Å². The van der Waals surface area contributed by atoms with Gasteiger partial charge in [0.15, 0.2) is 11.2 Å². The number of nitrogens with zero attached hydrogens (tertiary/aromatic N) is 4. The topological polar surface area (TPSA) is 88.1 Å². The molecule has 0 radical (unpaired) electrons. The van der Waals surface area contributed by atoms with E-state index in [-0.39, 0.29) is 11.2 Å². The second-order valence-corrected chi connectivity index (χ2v) is 6.73. The van der Waals surface area contributed by atoms with Crippen LogP contribution >= 0.6 is 11.6 Å². The lowest BCUT2D eigenvalue weighted by Crippen LogP contribution is -2.42. The molecule has 0 saturated heterocycles. The van der Waals surface area contributed by atoms with Gasteiger partial charge in [-0.1, -0.05) is 35.9 Å². The minimum Gasteiger partial charge on any atom is -0.425 e. The number of benzene rings is 2. The smallest absolute Gasteiger partial charge is 0.333 e. The third kappa shape index (κ3) is 2.78. The SMILES string of the molecule is Cn1cnc2c1c(=O)n(CC(=O)Oc1ccc(Cl)c3ccccc13)c(=O)n2C. The summed E-state index contributed by atoms with van der Waals surface area (Å²) in [5.74, 6) is -0.440. The number of carbonyl (C=O) groups excluding carboxylic acids is 1. The average Bonchev–Trinajstić information content (AvgIpc) is 3.08. The summed E-state index contributed by atoms with van der Waals surface area (Å²) in [6.45, 7) is -0.524. The van der Waals surface area contributed by atoms with Crippen LogP contribution in [0.4, 0.5) is 0 Å². The summed E-state index contributed by atoms with van der Waals surface area (Å²) in [5.41, 5.74) is -0.761. The number of aryl methyl sites for hydroxylation is 2. The van der Waals surface area contributed by atoms with Crippen LogP contribution in [0.2, 0.25) is 5.02 Å². The summed E-state index contributed by atoms with van der Waals surface area (Å²) in [6, 6.07) is 10.4. The third-order valence-corrected chi connectivity index (χ3v) is 4.87. The van der Waals surface area contributed by atoms with E-state index in [1.165, 1.54) is 22.5 Å². The van der Waals surface area contributed by atoms with Gasteiger partial charge in [0.2, 0.25) is 0 Å². The Balaban J connectivity index is 1.73. The van der Waals surface area contributed by atoms with Gasteiger partial charge in [-0.15, -0.1) is 0 Å². The highest BCUT2D eigenvalue weighted by atomic mass is 35.5. The predicted octanol–water partition coefficient (Wildman–Crippen LogP) is 1.85. The molecule has 142 valence electrons. The number of ether oxygens (including phenoxy) is 1. The van der Waals surface area contributed by atoms with Crippen LogP contribution in [0.15, 0.2) is 52.3 Å². The van der Waals surface area contributed by atoms with Crippen LogP contribution in [-0.2, 0) is 25.4 Å². The fraction of sp³-hybridized carbons (Fsp3) is 0.158. The van der Waals surface area contributed by atoms with E-state index in [1.54, 1.807) is 31.3 Å². The van der Waals surface area contributed by atoms with E-state index < -0.39 is 23.8 Å². The maximum absolute atomic E-state index is 12.7. The average molecular weight is 399 g/mol. The van der Waals surface area contributed by atoms with Crippen molar-refractivity contribution < 1.29 is 9.53 Å². The Morgan fingerprint density at radius 3 is 2.57 bits per heavy atom. The summed E-state index contributed by atoms with van der Waals surface area (Å²) < 4.78 is 9.00. The van der Waals surface area contributed by atoms with Crippen LogP contribution in [0.25, 0.3) is 21.9 Å². The van der Waals surface area contributed by atoms with Crippen LogP contribution < -0.4 is 16.0 Å². The Hall–Kier alpha value is -3.39. The number of imidazole rings is 1. The maximum Gasteiger partial charge on any atom is 0.333 e. The van der Waals surface area contributed by atoms with Gasteiger partial charge in [0.25, 0.3) is 5.56 Å². The predicted molar refractivity (Wildman–Crippen MR) is 105 cm³/mol. The fourth-order valence-corrected chi connectivity index (χ4v) is 3.37. The van der Waals surface area contributed by atoms with Crippen molar-refractivity contribution in [1.82, 2.24) is 18.7 Å². The molecule has 9 heteroatoms. The second-order valence-electron chi connectivity index (χ2n) is 6.33. The molecule has 0 bridgehead atoms. The number of esters is 1. The molecule has 2 aromatic heterocycles. The van der Waals surface area contributed by atoms with Gasteiger partial charge in [-0.2, -0.15) is 0 Å². The third-order valence-electron chi connectivity index (χ3n) is 4.54. The van der Waals surface area contributed by atoms with E-state index in [9.17, 15) is 14.4 Å². The molecule has 0 amide bonds. The summed E-state index contributed by atoms with van der Waals surface area (Å²) in [6.07, 6.45) is 1.44. The zero-order chi connectivity index (χ0) is 20.0. The van der Waals surface area contributed by atoms with E-state index in [0.717, 1.165) is 9.95 Å². The maximum atomic E-state index is 12.7. The first-order chi connectivity index (χ1) is 13.4. The molecule has 0 fully saturated rings. The zero-order valence-electron chi connectivity index (χ0n) is 15.0. The van der Waals surface area contributed by atoms with Crippen molar-refractivity contribution in [2.75, 3.05) is 0 Å². The lowest BCUT2D eigenvalue weighted by atomic mass is 10.1. The molecule has 0 spiro atoms. The Bertz CT molecular complexity index is 1370. The van der Waals surface area contributed by atoms with Gasteiger partial charge in [-0.05, 0) is 12.1 Å². The molecule has 0 aliphatic carbocycles. The Labute approximate surface area is 163 Å². The number of carbonyl (C=O) groups is 1. The van der Waals surface area contributed by atoms with E-state index >= 15 is 0 Å². The van der Waals surface area contributed by atoms with Crippen molar-refractivity contribution in [3.63, 3.8) is 0 Å². The van der Waals surface area contributed by atoms with Crippen molar-refractivity contribution in [2.24, 2.45) is 14.1 Å². The number of fused-ring (bicyclic) bond motifs is 2. The van der Waals surface area contributed by atoms with Crippen LogP contribution in [0.1, 0.15) is 0 Å². The molecule has 8 nitrogen and oxygen atoms in total. The number of hydrogen-bond acceptors (Lipinski definition) is 5. The molecule has 0 saturated carbocycles. The first-order valence-corrected chi connectivity index (χ1v) is 8.75. The molecule has 0 unspecified atom stereocenters. The molecule has 4 rings (SSSR count). The van der Waals surface area contributed by atoms with Crippen molar-refractivity contribution >= 4 is 39.5 Å². The highest BCUT2D eigenvalue weighted by Crippen LogP contribution is 2.31. The molecule has 0 aliphatic rings. The number of hydrogen-bond donors (Lipinski definition) is 0. The molecule has 28 heavy (non-hydrogen) atoms. The van der Waals surface area contributed by atoms with Crippen LogP contribution in [-0.4, -0.2) is 24.7 Å². The first kappa shape index (κ1) is 18.0. The second kappa shape index (κ2) is 6.65. The molecule has 2 heterocycles.